The van der Waals surface area contributed by atoms with Crippen molar-refractivity contribution in [1.29, 1.82) is 0 Å². The van der Waals surface area contributed by atoms with Gasteiger partial charge in [0.15, 0.2) is 0 Å². The first-order chi connectivity index (χ1) is 6.71. The summed E-state index contributed by atoms with van der Waals surface area (Å²) in [5.74, 6) is 0.282. The fourth-order valence-electron chi connectivity index (χ4n) is 1.53. The van der Waals surface area contributed by atoms with Gasteiger partial charge in [-0.15, -0.1) is 11.8 Å². The molecule has 82 valence electrons. The van der Waals surface area contributed by atoms with E-state index < -0.39 is 10.7 Å². The highest BCUT2D eigenvalue weighted by atomic mass is 32.2. The van der Waals surface area contributed by atoms with Crippen molar-refractivity contribution in [3.8, 4) is 0 Å². The number of rotatable bonds is 5. The SMILES string of the molecule is CCCCSC1(C(=O)O)CCOCC1. The average molecular weight is 218 g/mol. The fraction of sp³-hybridized carbons (Fsp3) is 0.900. The number of thioether (sulfide) groups is 1. The molecule has 1 rings (SSSR count). The van der Waals surface area contributed by atoms with E-state index in [0.29, 0.717) is 26.1 Å². The minimum atomic E-state index is -0.665. The molecular weight excluding hydrogens is 200 g/mol. The van der Waals surface area contributed by atoms with Gasteiger partial charge in [-0.05, 0) is 25.0 Å². The van der Waals surface area contributed by atoms with E-state index >= 15 is 0 Å². The number of carbonyl (C=O) groups is 1. The largest absolute Gasteiger partial charge is 0.480 e. The Kier molecular flexibility index (Phi) is 4.75. The van der Waals surface area contributed by atoms with Crippen molar-refractivity contribution in [2.45, 2.75) is 37.4 Å². The molecule has 1 aliphatic rings. The van der Waals surface area contributed by atoms with Crippen LogP contribution in [0.1, 0.15) is 32.6 Å². The molecule has 1 saturated heterocycles. The Hall–Kier alpha value is -0.220. The van der Waals surface area contributed by atoms with Crippen LogP contribution in [0.5, 0.6) is 0 Å². The topological polar surface area (TPSA) is 46.5 Å². The summed E-state index contributed by atoms with van der Waals surface area (Å²) in [6.07, 6.45) is 3.52. The van der Waals surface area contributed by atoms with Crippen LogP contribution in [0, 0.1) is 0 Å². The van der Waals surface area contributed by atoms with E-state index in [2.05, 4.69) is 6.92 Å². The third kappa shape index (κ3) is 2.89. The molecule has 0 radical (unpaired) electrons. The van der Waals surface area contributed by atoms with Crippen molar-refractivity contribution in [3.05, 3.63) is 0 Å². The molecule has 0 aromatic carbocycles. The van der Waals surface area contributed by atoms with Crippen LogP contribution in [0.25, 0.3) is 0 Å². The third-order valence-corrected chi connectivity index (χ3v) is 4.19. The molecule has 4 heteroatoms. The van der Waals surface area contributed by atoms with Crippen LogP contribution < -0.4 is 0 Å². The second kappa shape index (κ2) is 5.61. The zero-order valence-corrected chi connectivity index (χ0v) is 9.44. The molecule has 0 aliphatic carbocycles. The van der Waals surface area contributed by atoms with Crippen molar-refractivity contribution in [2.24, 2.45) is 0 Å². The highest BCUT2D eigenvalue weighted by Crippen LogP contribution is 2.36. The molecule has 0 spiro atoms. The van der Waals surface area contributed by atoms with Crippen LogP contribution in [0.3, 0.4) is 0 Å². The maximum atomic E-state index is 11.2. The van der Waals surface area contributed by atoms with Gasteiger partial charge in [-0.3, -0.25) is 4.79 Å². The summed E-state index contributed by atoms with van der Waals surface area (Å²) in [4.78, 5) is 11.2. The maximum absolute atomic E-state index is 11.2. The molecule has 1 fully saturated rings. The quantitative estimate of drug-likeness (QED) is 0.718. The van der Waals surface area contributed by atoms with E-state index in [9.17, 15) is 9.90 Å². The number of hydrogen-bond acceptors (Lipinski definition) is 3. The van der Waals surface area contributed by atoms with Crippen LogP contribution in [0.4, 0.5) is 0 Å². The van der Waals surface area contributed by atoms with Crippen LogP contribution >= 0.6 is 11.8 Å². The van der Waals surface area contributed by atoms with Crippen molar-refractivity contribution in [3.63, 3.8) is 0 Å². The van der Waals surface area contributed by atoms with Gasteiger partial charge in [-0.25, -0.2) is 0 Å². The molecular formula is C10H18O3S. The summed E-state index contributed by atoms with van der Waals surface area (Å²) >= 11 is 1.60. The Balaban J connectivity index is 2.47. The predicted molar refractivity (Wildman–Crippen MR) is 57.8 cm³/mol. The second-order valence-corrected chi connectivity index (χ2v) is 5.09. The van der Waals surface area contributed by atoms with Crippen molar-refractivity contribution in [1.82, 2.24) is 0 Å². The third-order valence-electron chi connectivity index (χ3n) is 2.57. The van der Waals surface area contributed by atoms with Gasteiger partial charge in [0.25, 0.3) is 0 Å². The standard InChI is InChI=1S/C10H18O3S/c1-2-3-8-14-10(9(11)12)4-6-13-7-5-10/h2-8H2,1H3,(H,11,12). The monoisotopic (exact) mass is 218 g/mol. The van der Waals surface area contributed by atoms with Gasteiger partial charge in [0.2, 0.25) is 0 Å². The number of hydrogen-bond donors (Lipinski definition) is 1. The summed E-state index contributed by atoms with van der Waals surface area (Å²) in [6.45, 7) is 3.30. The first kappa shape index (κ1) is 11.9. The zero-order chi connectivity index (χ0) is 10.4. The molecule has 0 saturated carbocycles. The molecule has 0 bridgehead atoms. The minimum Gasteiger partial charge on any atom is -0.480 e. The molecule has 0 aromatic rings. The highest BCUT2D eigenvalue weighted by molar-refractivity contribution is 8.01. The average Bonchev–Trinajstić information content (AvgIpc) is 2.19. The summed E-state index contributed by atoms with van der Waals surface area (Å²) < 4.78 is 4.64. The first-order valence-corrected chi connectivity index (χ1v) is 6.15. The maximum Gasteiger partial charge on any atom is 0.319 e. The summed E-state index contributed by atoms with van der Waals surface area (Å²) in [5.41, 5.74) is 0. The Bertz CT molecular complexity index is 188. The second-order valence-electron chi connectivity index (χ2n) is 3.61. The van der Waals surface area contributed by atoms with Gasteiger partial charge in [-0.2, -0.15) is 0 Å². The normalized spacial score (nSPS) is 20.6. The molecule has 0 amide bonds. The summed E-state index contributed by atoms with van der Waals surface area (Å²) in [5, 5.41) is 9.21. The molecule has 1 heterocycles. The van der Waals surface area contributed by atoms with Gasteiger partial charge in [0.05, 0.1) is 0 Å². The number of aliphatic carboxylic acids is 1. The Labute approximate surface area is 89.2 Å². The van der Waals surface area contributed by atoms with Crippen LogP contribution in [0.15, 0.2) is 0 Å². The van der Waals surface area contributed by atoms with E-state index in [0.717, 1.165) is 18.6 Å². The van der Waals surface area contributed by atoms with Crippen molar-refractivity contribution >= 4 is 17.7 Å². The van der Waals surface area contributed by atoms with Crippen LogP contribution in [0.2, 0.25) is 0 Å². The Morgan fingerprint density at radius 1 is 1.50 bits per heavy atom. The van der Waals surface area contributed by atoms with Gasteiger partial charge in [0, 0.05) is 13.2 Å². The molecule has 3 nitrogen and oxygen atoms in total. The van der Waals surface area contributed by atoms with E-state index in [1.54, 1.807) is 11.8 Å². The molecule has 0 unspecified atom stereocenters. The number of carboxylic acids is 1. The van der Waals surface area contributed by atoms with Gasteiger partial charge < -0.3 is 9.84 Å². The first-order valence-electron chi connectivity index (χ1n) is 5.16. The molecule has 14 heavy (non-hydrogen) atoms. The van der Waals surface area contributed by atoms with E-state index in [4.69, 9.17) is 4.74 Å². The van der Waals surface area contributed by atoms with Crippen molar-refractivity contribution in [2.75, 3.05) is 19.0 Å². The van der Waals surface area contributed by atoms with E-state index in [-0.39, 0.29) is 0 Å². The van der Waals surface area contributed by atoms with E-state index in [1.165, 1.54) is 0 Å². The van der Waals surface area contributed by atoms with Crippen LogP contribution in [-0.2, 0) is 9.53 Å². The van der Waals surface area contributed by atoms with Crippen molar-refractivity contribution < 1.29 is 14.6 Å². The van der Waals surface area contributed by atoms with Gasteiger partial charge >= 0.3 is 5.97 Å². The molecule has 1 N–H and O–H groups in total. The highest BCUT2D eigenvalue weighted by Gasteiger charge is 2.40. The summed E-state index contributed by atoms with van der Waals surface area (Å²) in [7, 11) is 0. The lowest BCUT2D eigenvalue weighted by molar-refractivity contribution is -0.142. The van der Waals surface area contributed by atoms with Gasteiger partial charge in [0.1, 0.15) is 4.75 Å². The fourth-order valence-corrected chi connectivity index (χ4v) is 2.94. The summed E-state index contributed by atoms with van der Waals surface area (Å²) in [6, 6.07) is 0. The smallest absolute Gasteiger partial charge is 0.319 e. The van der Waals surface area contributed by atoms with Crippen LogP contribution in [-0.4, -0.2) is 34.8 Å². The minimum absolute atomic E-state index is 0.562. The number of carboxylic acid groups (broad SMARTS) is 1. The Morgan fingerprint density at radius 3 is 2.64 bits per heavy atom. The number of unbranched alkanes of at least 4 members (excludes halogenated alkanes) is 1. The lowest BCUT2D eigenvalue weighted by Crippen LogP contribution is -2.41. The Morgan fingerprint density at radius 2 is 2.14 bits per heavy atom. The number of ether oxygens (including phenoxy) is 1. The molecule has 0 aromatic heterocycles. The predicted octanol–water partition coefficient (Wildman–Crippen LogP) is 2.15. The lowest BCUT2D eigenvalue weighted by Gasteiger charge is -2.32. The van der Waals surface area contributed by atoms with E-state index in [1.807, 2.05) is 0 Å². The molecule has 1 aliphatic heterocycles. The lowest BCUT2D eigenvalue weighted by atomic mass is 9.99. The zero-order valence-electron chi connectivity index (χ0n) is 8.62. The van der Waals surface area contributed by atoms with Gasteiger partial charge in [-0.1, -0.05) is 13.3 Å². The molecule has 0 atom stereocenters.